The molecule has 0 radical (unpaired) electrons. The van der Waals surface area contributed by atoms with E-state index in [-0.39, 0.29) is 11.9 Å². The fourth-order valence-corrected chi connectivity index (χ4v) is 2.89. The summed E-state index contributed by atoms with van der Waals surface area (Å²) in [5.41, 5.74) is 2.63. The summed E-state index contributed by atoms with van der Waals surface area (Å²) in [4.78, 5) is 15.2. The molecule has 0 bridgehead atoms. The minimum Gasteiger partial charge on any atom is -0.297 e. The maximum Gasteiger partial charge on any atom is 0.259 e. The van der Waals surface area contributed by atoms with E-state index < -0.39 is 0 Å². The molecule has 0 heterocycles. The summed E-state index contributed by atoms with van der Waals surface area (Å²) < 4.78 is 0. The van der Waals surface area contributed by atoms with Crippen LogP contribution in [-0.4, -0.2) is 5.91 Å². The maximum atomic E-state index is 13.3. The first-order chi connectivity index (χ1) is 12.3. The Kier molecular flexibility index (Phi) is 5.43. The maximum absolute atomic E-state index is 13.3. The number of carbonyl (C=O) groups is 1. The number of benzene rings is 3. The van der Waals surface area contributed by atoms with E-state index in [1.165, 1.54) is 0 Å². The topological polar surface area (TPSA) is 20.3 Å². The quantitative estimate of drug-likeness (QED) is 0.554. The third kappa shape index (κ3) is 3.86. The standard InChI is InChI=1S/C23H21NO/c1-2-12-22(19-13-6-3-7-14-19)24(21-17-10-5-11-18-21)23(25)20-15-8-4-9-16-20/h2-18,22H,1H3/b12-2+/t22-/m0/s1. The lowest BCUT2D eigenvalue weighted by Crippen LogP contribution is -2.34. The number of hydrogen-bond donors (Lipinski definition) is 0. The van der Waals surface area contributed by atoms with Crippen molar-refractivity contribution in [2.45, 2.75) is 13.0 Å². The summed E-state index contributed by atoms with van der Waals surface area (Å²) in [7, 11) is 0. The van der Waals surface area contributed by atoms with Crippen molar-refractivity contribution in [3.63, 3.8) is 0 Å². The van der Waals surface area contributed by atoms with Gasteiger partial charge in [-0.05, 0) is 36.8 Å². The molecular weight excluding hydrogens is 306 g/mol. The van der Waals surface area contributed by atoms with Crippen LogP contribution in [0.25, 0.3) is 0 Å². The van der Waals surface area contributed by atoms with Crippen molar-refractivity contribution in [1.82, 2.24) is 0 Å². The average Bonchev–Trinajstić information content (AvgIpc) is 2.69. The molecule has 2 nitrogen and oxygen atoms in total. The molecule has 0 aliphatic rings. The Morgan fingerprint density at radius 1 is 0.800 bits per heavy atom. The Balaban J connectivity index is 2.11. The number of amides is 1. The highest BCUT2D eigenvalue weighted by Gasteiger charge is 2.25. The molecule has 1 amide bonds. The van der Waals surface area contributed by atoms with E-state index in [2.05, 4.69) is 18.2 Å². The number of allylic oxidation sites excluding steroid dienone is 1. The molecule has 2 heteroatoms. The molecule has 0 spiro atoms. The summed E-state index contributed by atoms with van der Waals surface area (Å²) in [5.74, 6) is -0.0150. The van der Waals surface area contributed by atoms with Crippen molar-refractivity contribution in [1.29, 1.82) is 0 Å². The smallest absolute Gasteiger partial charge is 0.259 e. The predicted molar refractivity (Wildman–Crippen MR) is 104 cm³/mol. The number of rotatable bonds is 5. The van der Waals surface area contributed by atoms with Gasteiger partial charge >= 0.3 is 0 Å². The first-order valence-corrected chi connectivity index (χ1v) is 8.42. The van der Waals surface area contributed by atoms with Crippen LogP contribution in [0.5, 0.6) is 0 Å². The van der Waals surface area contributed by atoms with Crippen molar-refractivity contribution in [3.05, 3.63) is 114 Å². The molecule has 25 heavy (non-hydrogen) atoms. The minimum atomic E-state index is -0.165. The fourth-order valence-electron chi connectivity index (χ4n) is 2.89. The normalized spacial score (nSPS) is 12.0. The molecule has 3 rings (SSSR count). The molecule has 3 aromatic rings. The molecule has 124 valence electrons. The Morgan fingerprint density at radius 3 is 1.88 bits per heavy atom. The van der Waals surface area contributed by atoms with Gasteiger partial charge in [0, 0.05) is 11.3 Å². The van der Waals surface area contributed by atoms with Gasteiger partial charge in [0.15, 0.2) is 0 Å². The van der Waals surface area contributed by atoms with Crippen LogP contribution in [0.15, 0.2) is 103 Å². The molecule has 3 aromatic carbocycles. The minimum absolute atomic E-state index is 0.0150. The van der Waals surface area contributed by atoms with Crippen molar-refractivity contribution in [2.24, 2.45) is 0 Å². The van der Waals surface area contributed by atoms with Crippen LogP contribution >= 0.6 is 0 Å². The second-order valence-electron chi connectivity index (χ2n) is 5.76. The molecule has 0 fully saturated rings. The van der Waals surface area contributed by atoms with Crippen LogP contribution in [-0.2, 0) is 0 Å². The van der Waals surface area contributed by atoms with Gasteiger partial charge in [0.2, 0.25) is 0 Å². The van der Waals surface area contributed by atoms with E-state index in [1.54, 1.807) is 0 Å². The molecule has 0 saturated carbocycles. The van der Waals surface area contributed by atoms with E-state index in [9.17, 15) is 4.79 Å². The molecule has 0 unspecified atom stereocenters. The van der Waals surface area contributed by atoms with E-state index in [0.717, 1.165) is 11.3 Å². The largest absolute Gasteiger partial charge is 0.297 e. The van der Waals surface area contributed by atoms with Gasteiger partial charge in [0.05, 0.1) is 6.04 Å². The Bertz CT molecular complexity index is 826. The molecule has 0 aromatic heterocycles. The van der Waals surface area contributed by atoms with Crippen molar-refractivity contribution < 1.29 is 4.79 Å². The van der Waals surface area contributed by atoms with E-state index in [4.69, 9.17) is 0 Å². The van der Waals surface area contributed by atoms with E-state index in [0.29, 0.717) is 5.56 Å². The Morgan fingerprint density at radius 2 is 1.32 bits per heavy atom. The van der Waals surface area contributed by atoms with Crippen LogP contribution in [0.4, 0.5) is 5.69 Å². The summed E-state index contributed by atoms with van der Waals surface area (Å²) in [6, 6.07) is 29.2. The molecule has 0 N–H and O–H groups in total. The molecular formula is C23H21NO. The summed E-state index contributed by atoms with van der Waals surface area (Å²) in [5, 5.41) is 0. The number of para-hydroxylation sites is 1. The first-order valence-electron chi connectivity index (χ1n) is 8.42. The zero-order valence-electron chi connectivity index (χ0n) is 14.2. The molecule has 1 atom stereocenters. The number of hydrogen-bond acceptors (Lipinski definition) is 1. The Hall–Kier alpha value is -3.13. The van der Waals surface area contributed by atoms with Crippen LogP contribution < -0.4 is 4.90 Å². The highest BCUT2D eigenvalue weighted by molar-refractivity contribution is 6.06. The van der Waals surface area contributed by atoms with Gasteiger partial charge in [-0.15, -0.1) is 0 Å². The third-order valence-corrected chi connectivity index (χ3v) is 4.07. The lowest BCUT2D eigenvalue weighted by molar-refractivity contribution is 0.0981. The van der Waals surface area contributed by atoms with E-state index in [1.807, 2.05) is 96.8 Å². The molecule has 0 aliphatic heterocycles. The van der Waals surface area contributed by atoms with Gasteiger partial charge in [-0.25, -0.2) is 0 Å². The summed E-state index contributed by atoms with van der Waals surface area (Å²) >= 11 is 0. The second kappa shape index (κ2) is 8.11. The lowest BCUT2D eigenvalue weighted by atomic mass is 10.0. The second-order valence-corrected chi connectivity index (χ2v) is 5.76. The summed E-state index contributed by atoms with van der Waals surface area (Å²) in [6.07, 6.45) is 4.05. The fraction of sp³-hybridized carbons (Fsp3) is 0.0870. The van der Waals surface area contributed by atoms with Crippen molar-refractivity contribution in [3.8, 4) is 0 Å². The van der Waals surface area contributed by atoms with Crippen LogP contribution in [0, 0.1) is 0 Å². The number of nitrogens with zero attached hydrogens (tertiary/aromatic N) is 1. The van der Waals surface area contributed by atoms with Gasteiger partial charge < -0.3 is 0 Å². The van der Waals surface area contributed by atoms with Crippen molar-refractivity contribution in [2.75, 3.05) is 4.90 Å². The predicted octanol–water partition coefficient (Wildman–Crippen LogP) is 5.65. The average molecular weight is 327 g/mol. The van der Waals surface area contributed by atoms with Crippen molar-refractivity contribution >= 4 is 11.6 Å². The monoisotopic (exact) mass is 327 g/mol. The van der Waals surface area contributed by atoms with Gasteiger partial charge in [-0.3, -0.25) is 9.69 Å². The number of anilines is 1. The lowest BCUT2D eigenvalue weighted by Gasteiger charge is -2.30. The molecule has 0 saturated heterocycles. The number of carbonyl (C=O) groups excluding carboxylic acids is 1. The Labute approximate surface area is 149 Å². The van der Waals surface area contributed by atoms with Crippen LogP contribution in [0.1, 0.15) is 28.9 Å². The first kappa shape index (κ1) is 16.7. The van der Waals surface area contributed by atoms with Gasteiger partial charge in [0.1, 0.15) is 0 Å². The molecule has 0 aliphatic carbocycles. The van der Waals surface area contributed by atoms with Gasteiger partial charge in [-0.1, -0.05) is 78.9 Å². The zero-order valence-corrected chi connectivity index (χ0v) is 14.2. The highest BCUT2D eigenvalue weighted by atomic mass is 16.2. The van der Waals surface area contributed by atoms with Gasteiger partial charge in [-0.2, -0.15) is 0 Å². The third-order valence-electron chi connectivity index (χ3n) is 4.07. The van der Waals surface area contributed by atoms with Crippen LogP contribution in [0.2, 0.25) is 0 Å². The zero-order chi connectivity index (χ0) is 17.5. The summed E-state index contributed by atoms with van der Waals surface area (Å²) in [6.45, 7) is 1.98. The highest BCUT2D eigenvalue weighted by Crippen LogP contribution is 2.30. The van der Waals surface area contributed by atoms with E-state index >= 15 is 0 Å². The van der Waals surface area contributed by atoms with Gasteiger partial charge in [0.25, 0.3) is 5.91 Å². The SMILES string of the molecule is C/C=C/[C@@H](c1ccccc1)N(C(=O)c1ccccc1)c1ccccc1. The van der Waals surface area contributed by atoms with Crippen LogP contribution in [0.3, 0.4) is 0 Å².